The summed E-state index contributed by atoms with van der Waals surface area (Å²) in [6.45, 7) is 2.03. The van der Waals surface area contributed by atoms with Gasteiger partial charge in [-0.2, -0.15) is 0 Å². The number of carbonyl (C=O) groups excluding carboxylic acids is 2. The molecule has 0 spiro atoms. The Morgan fingerprint density at radius 1 is 1.11 bits per heavy atom. The van der Waals surface area contributed by atoms with E-state index in [0.717, 1.165) is 5.56 Å². The molecule has 1 aliphatic heterocycles. The van der Waals surface area contributed by atoms with Crippen LogP contribution in [-0.2, 0) is 16.0 Å². The first-order valence-corrected chi connectivity index (χ1v) is 9.96. The number of benzene rings is 2. The SMILES string of the molecule is Cc1ccc(CC2NNC(SCC(=O)Nc3ccc(Cl)cc3)NC2=O)cc1. The van der Waals surface area contributed by atoms with E-state index in [1.807, 2.05) is 31.2 Å². The van der Waals surface area contributed by atoms with Gasteiger partial charge < -0.3 is 10.6 Å². The van der Waals surface area contributed by atoms with Crippen LogP contribution in [0.3, 0.4) is 0 Å². The van der Waals surface area contributed by atoms with Crippen LogP contribution in [0.5, 0.6) is 0 Å². The average Bonchev–Trinajstić information content (AvgIpc) is 2.66. The summed E-state index contributed by atoms with van der Waals surface area (Å²) in [7, 11) is 0. The molecule has 0 aliphatic carbocycles. The van der Waals surface area contributed by atoms with Crippen LogP contribution in [0.4, 0.5) is 5.69 Å². The van der Waals surface area contributed by atoms with Gasteiger partial charge >= 0.3 is 0 Å². The van der Waals surface area contributed by atoms with Crippen LogP contribution in [0.2, 0.25) is 5.02 Å². The molecule has 0 saturated carbocycles. The molecule has 2 unspecified atom stereocenters. The summed E-state index contributed by atoms with van der Waals surface area (Å²) in [5.74, 6) is -0.0460. The first kappa shape index (κ1) is 19.7. The normalized spacial score (nSPS) is 19.4. The third-order valence-corrected chi connectivity index (χ3v) is 5.30. The number of halogens is 1. The predicted molar refractivity (Wildman–Crippen MR) is 109 cm³/mol. The molecule has 6 nitrogen and oxygen atoms in total. The van der Waals surface area contributed by atoms with E-state index in [4.69, 9.17) is 11.6 Å². The molecule has 0 radical (unpaired) electrons. The molecule has 2 amide bonds. The number of aryl methyl sites for hydroxylation is 1. The lowest BCUT2D eigenvalue weighted by Crippen LogP contribution is -2.64. The van der Waals surface area contributed by atoms with Crippen molar-refractivity contribution in [3.8, 4) is 0 Å². The molecular weight excluding hydrogens is 384 g/mol. The number of amides is 2. The molecule has 0 aromatic heterocycles. The molecule has 2 aromatic carbocycles. The van der Waals surface area contributed by atoms with Crippen molar-refractivity contribution in [1.29, 1.82) is 0 Å². The summed E-state index contributed by atoms with van der Waals surface area (Å²) in [6.07, 6.45) is 0.591. The van der Waals surface area contributed by atoms with Gasteiger partial charge in [-0.25, -0.2) is 10.9 Å². The fraction of sp³-hybridized carbons (Fsp3) is 0.263. The van der Waals surface area contributed by atoms with Crippen molar-refractivity contribution in [2.75, 3.05) is 11.1 Å². The van der Waals surface area contributed by atoms with Crippen molar-refractivity contribution in [2.45, 2.75) is 24.9 Å². The van der Waals surface area contributed by atoms with Gasteiger partial charge in [0.1, 0.15) is 11.5 Å². The van der Waals surface area contributed by atoms with Crippen LogP contribution in [-0.4, -0.2) is 29.1 Å². The van der Waals surface area contributed by atoms with E-state index in [1.54, 1.807) is 24.3 Å². The minimum absolute atomic E-state index is 0.0927. The second-order valence-electron chi connectivity index (χ2n) is 6.29. The van der Waals surface area contributed by atoms with Gasteiger partial charge in [0, 0.05) is 10.7 Å². The van der Waals surface area contributed by atoms with Crippen molar-refractivity contribution in [2.24, 2.45) is 0 Å². The monoisotopic (exact) mass is 404 g/mol. The number of anilines is 1. The van der Waals surface area contributed by atoms with Crippen molar-refractivity contribution < 1.29 is 9.59 Å². The van der Waals surface area contributed by atoms with E-state index in [9.17, 15) is 9.59 Å². The number of carbonyl (C=O) groups is 2. The zero-order chi connectivity index (χ0) is 19.2. The maximum absolute atomic E-state index is 12.3. The first-order valence-electron chi connectivity index (χ1n) is 8.53. The Morgan fingerprint density at radius 2 is 1.81 bits per heavy atom. The Hall–Kier alpha value is -2.06. The minimum Gasteiger partial charge on any atom is -0.329 e. The number of hydrogen-bond donors (Lipinski definition) is 4. The van der Waals surface area contributed by atoms with Crippen molar-refractivity contribution in [1.82, 2.24) is 16.2 Å². The molecule has 2 aromatic rings. The third-order valence-electron chi connectivity index (χ3n) is 4.05. The molecule has 142 valence electrons. The standard InChI is InChI=1S/C19H21ClN4O2S/c1-12-2-4-13(5-3-12)10-16-18(26)22-19(24-23-16)27-11-17(25)21-15-8-6-14(20)7-9-15/h2-9,16,19,23-24H,10-11H2,1H3,(H,21,25)(H,22,26). The van der Waals surface area contributed by atoms with Crippen LogP contribution in [0.25, 0.3) is 0 Å². The van der Waals surface area contributed by atoms with E-state index in [1.165, 1.54) is 17.3 Å². The highest BCUT2D eigenvalue weighted by Crippen LogP contribution is 2.15. The van der Waals surface area contributed by atoms with E-state index in [-0.39, 0.29) is 29.1 Å². The Bertz CT molecular complexity index is 798. The molecule has 0 bridgehead atoms. The smallest absolute Gasteiger partial charge is 0.240 e. The Morgan fingerprint density at radius 3 is 2.48 bits per heavy atom. The molecule has 27 heavy (non-hydrogen) atoms. The van der Waals surface area contributed by atoms with E-state index in [0.29, 0.717) is 17.1 Å². The van der Waals surface area contributed by atoms with Crippen LogP contribution in [0.1, 0.15) is 11.1 Å². The number of thioether (sulfide) groups is 1. The zero-order valence-electron chi connectivity index (χ0n) is 14.8. The summed E-state index contributed by atoms with van der Waals surface area (Å²) >= 11 is 7.12. The summed E-state index contributed by atoms with van der Waals surface area (Å²) < 4.78 is 0. The Kier molecular flexibility index (Phi) is 6.73. The zero-order valence-corrected chi connectivity index (χ0v) is 16.4. The number of rotatable bonds is 6. The summed E-state index contributed by atoms with van der Waals surface area (Å²) in [4.78, 5) is 24.3. The third kappa shape index (κ3) is 5.97. The number of hydrogen-bond acceptors (Lipinski definition) is 5. The highest BCUT2D eigenvalue weighted by Gasteiger charge is 2.27. The summed E-state index contributed by atoms with van der Waals surface area (Å²) in [5, 5.41) is 6.28. The fourth-order valence-corrected chi connectivity index (χ4v) is 3.45. The van der Waals surface area contributed by atoms with E-state index < -0.39 is 0 Å². The second-order valence-corrected chi connectivity index (χ2v) is 7.82. The van der Waals surface area contributed by atoms with Gasteiger partial charge in [0.15, 0.2) is 0 Å². The maximum atomic E-state index is 12.3. The molecule has 8 heteroatoms. The topological polar surface area (TPSA) is 82.3 Å². The summed E-state index contributed by atoms with van der Waals surface area (Å²) in [6, 6.07) is 14.6. The number of nitrogens with one attached hydrogen (secondary N) is 4. The van der Waals surface area contributed by atoms with Gasteiger partial charge in [-0.3, -0.25) is 9.59 Å². The fourth-order valence-electron chi connectivity index (χ4n) is 2.58. The molecule has 3 rings (SSSR count). The summed E-state index contributed by atoms with van der Waals surface area (Å²) in [5.41, 5.74) is 8.66. The van der Waals surface area contributed by atoms with Gasteiger partial charge in [0.05, 0.1) is 5.75 Å². The Balaban J connectivity index is 1.42. The van der Waals surface area contributed by atoms with Gasteiger partial charge in [-0.05, 0) is 43.2 Å². The van der Waals surface area contributed by atoms with Gasteiger partial charge in [0.2, 0.25) is 11.8 Å². The molecule has 1 fully saturated rings. The highest BCUT2D eigenvalue weighted by atomic mass is 35.5. The van der Waals surface area contributed by atoms with Gasteiger partial charge in [-0.1, -0.05) is 41.4 Å². The van der Waals surface area contributed by atoms with Crippen molar-refractivity contribution >= 4 is 40.9 Å². The largest absolute Gasteiger partial charge is 0.329 e. The minimum atomic E-state index is -0.372. The van der Waals surface area contributed by atoms with Crippen LogP contribution >= 0.6 is 23.4 Å². The van der Waals surface area contributed by atoms with Crippen LogP contribution in [0, 0.1) is 6.92 Å². The molecule has 1 aliphatic rings. The lowest BCUT2D eigenvalue weighted by molar-refractivity contribution is -0.125. The van der Waals surface area contributed by atoms with E-state index in [2.05, 4.69) is 21.5 Å². The maximum Gasteiger partial charge on any atom is 0.240 e. The van der Waals surface area contributed by atoms with Crippen LogP contribution < -0.4 is 21.5 Å². The van der Waals surface area contributed by atoms with Crippen molar-refractivity contribution in [3.63, 3.8) is 0 Å². The second kappa shape index (κ2) is 9.23. The van der Waals surface area contributed by atoms with Gasteiger partial charge in [-0.15, -0.1) is 11.8 Å². The molecule has 4 N–H and O–H groups in total. The van der Waals surface area contributed by atoms with E-state index >= 15 is 0 Å². The first-order chi connectivity index (χ1) is 13.0. The molecule has 2 atom stereocenters. The molecule has 1 saturated heterocycles. The lowest BCUT2D eigenvalue weighted by Gasteiger charge is -2.31. The predicted octanol–water partition coefficient (Wildman–Crippen LogP) is 2.44. The Labute approximate surface area is 167 Å². The van der Waals surface area contributed by atoms with Gasteiger partial charge in [0.25, 0.3) is 0 Å². The lowest BCUT2D eigenvalue weighted by atomic mass is 10.0. The van der Waals surface area contributed by atoms with Crippen LogP contribution in [0.15, 0.2) is 48.5 Å². The average molecular weight is 405 g/mol. The van der Waals surface area contributed by atoms with Crippen molar-refractivity contribution in [3.05, 3.63) is 64.7 Å². The quantitative estimate of drug-likeness (QED) is 0.594. The molecular formula is C19H21ClN4O2S. The molecule has 1 heterocycles. The highest BCUT2D eigenvalue weighted by molar-refractivity contribution is 8.00. The number of hydrazine groups is 1.